The van der Waals surface area contributed by atoms with Gasteiger partial charge in [-0.3, -0.25) is 0 Å². The van der Waals surface area contributed by atoms with Crippen molar-refractivity contribution in [2.24, 2.45) is 5.92 Å². The summed E-state index contributed by atoms with van der Waals surface area (Å²) >= 11 is 0. The van der Waals surface area contributed by atoms with Crippen LogP contribution in [0.2, 0.25) is 0 Å². The van der Waals surface area contributed by atoms with Crippen molar-refractivity contribution in [1.82, 2.24) is 0 Å². The number of carbonyl (C=O) groups excluding carboxylic acids is 2. The van der Waals surface area contributed by atoms with E-state index in [0.717, 1.165) is 5.56 Å². The summed E-state index contributed by atoms with van der Waals surface area (Å²) in [5.41, 5.74) is 1.47. The molecule has 2 aliphatic heterocycles. The monoisotopic (exact) mass is 636 g/mol. The van der Waals surface area contributed by atoms with Gasteiger partial charge in [0.15, 0.2) is 24.8 Å². The zero-order valence-corrected chi connectivity index (χ0v) is 25.7. The molecule has 5 rings (SSSR count). The van der Waals surface area contributed by atoms with Crippen LogP contribution in [-0.4, -0.2) is 89.2 Å². The maximum Gasteiger partial charge on any atom is 0.338 e. The van der Waals surface area contributed by atoms with Crippen LogP contribution in [0.15, 0.2) is 91.0 Å². The van der Waals surface area contributed by atoms with Gasteiger partial charge in [0.25, 0.3) is 0 Å². The van der Waals surface area contributed by atoms with Crippen molar-refractivity contribution < 1.29 is 53.3 Å². The maximum atomic E-state index is 13.3. The van der Waals surface area contributed by atoms with Crippen molar-refractivity contribution in [2.75, 3.05) is 6.61 Å². The van der Waals surface area contributed by atoms with Crippen molar-refractivity contribution in [3.8, 4) is 0 Å². The summed E-state index contributed by atoms with van der Waals surface area (Å²) < 4.78 is 36.5. The fourth-order valence-corrected chi connectivity index (χ4v) is 5.67. The van der Waals surface area contributed by atoms with E-state index in [4.69, 9.17) is 28.4 Å². The topological polar surface area (TPSA) is 150 Å². The number of rotatable bonds is 11. The van der Waals surface area contributed by atoms with Crippen LogP contribution in [0.3, 0.4) is 0 Å². The zero-order valence-electron chi connectivity index (χ0n) is 25.7. The van der Waals surface area contributed by atoms with Gasteiger partial charge >= 0.3 is 11.9 Å². The molecule has 2 aliphatic rings. The lowest BCUT2D eigenvalue weighted by Gasteiger charge is -2.48. The normalized spacial score (nSPS) is 31.2. The predicted octanol–water partition coefficient (Wildman–Crippen LogP) is 3.25. The van der Waals surface area contributed by atoms with Gasteiger partial charge in [0.05, 0.1) is 36.5 Å². The van der Waals surface area contributed by atoms with Gasteiger partial charge in [-0.1, -0.05) is 80.6 Å². The quantitative estimate of drug-likeness (QED) is 0.266. The molecule has 2 heterocycles. The van der Waals surface area contributed by atoms with Gasteiger partial charge in [-0.15, -0.1) is 0 Å². The highest BCUT2D eigenvalue weighted by atomic mass is 16.7. The Morgan fingerprint density at radius 2 is 1.22 bits per heavy atom. The number of ether oxygens (including phenoxy) is 6. The Bertz CT molecular complexity index is 1390. The number of hydrogen-bond acceptors (Lipinski definition) is 11. The summed E-state index contributed by atoms with van der Waals surface area (Å²) in [6, 6.07) is 26.2. The molecule has 0 bridgehead atoms. The number of aliphatic hydroxyl groups excluding tert-OH is 3. The van der Waals surface area contributed by atoms with E-state index >= 15 is 0 Å². The van der Waals surface area contributed by atoms with E-state index in [1.54, 1.807) is 60.7 Å². The Morgan fingerprint density at radius 1 is 0.696 bits per heavy atom. The SMILES string of the molecule is CCC1O[C@@H](OCc2ccccc2)C(OC(=O)c2ccccc2)[C@@H](C)[C@@H]1O[C@@H]1OC(CO)[C@H](O)[C@H](O)C1OC(=O)c1ccccc1. The van der Waals surface area contributed by atoms with Crippen LogP contribution in [0, 0.1) is 5.92 Å². The average molecular weight is 637 g/mol. The number of carbonyl (C=O) groups is 2. The minimum atomic E-state index is -1.64. The minimum Gasteiger partial charge on any atom is -0.453 e. The summed E-state index contributed by atoms with van der Waals surface area (Å²) in [5, 5.41) is 31.5. The molecule has 0 radical (unpaired) electrons. The molecule has 0 saturated carbocycles. The third-order valence-corrected chi connectivity index (χ3v) is 8.26. The Hall–Kier alpha value is -3.68. The van der Waals surface area contributed by atoms with Gasteiger partial charge in [0.1, 0.15) is 18.3 Å². The molecular weight excluding hydrogens is 596 g/mol. The molecule has 2 saturated heterocycles. The van der Waals surface area contributed by atoms with Crippen molar-refractivity contribution in [1.29, 1.82) is 0 Å². The third-order valence-electron chi connectivity index (χ3n) is 8.26. The molecule has 10 atom stereocenters. The minimum absolute atomic E-state index is 0.199. The van der Waals surface area contributed by atoms with E-state index in [1.807, 2.05) is 44.2 Å². The summed E-state index contributed by atoms with van der Waals surface area (Å²) in [6.45, 7) is 3.28. The molecule has 11 nitrogen and oxygen atoms in total. The van der Waals surface area contributed by atoms with Gasteiger partial charge in [-0.25, -0.2) is 9.59 Å². The van der Waals surface area contributed by atoms with Crippen LogP contribution in [0.1, 0.15) is 46.5 Å². The second-order valence-electron chi connectivity index (χ2n) is 11.4. The van der Waals surface area contributed by atoms with Gasteiger partial charge < -0.3 is 43.7 Å². The van der Waals surface area contributed by atoms with Crippen LogP contribution in [0.4, 0.5) is 0 Å². The maximum absolute atomic E-state index is 13.3. The molecule has 0 aliphatic carbocycles. The standard InChI is InChI=1S/C35H40O11/c1-3-25-29(46-35-31(28(38)27(37)26(19-36)43-35)45-33(40)24-17-11-6-12-18-24)21(2)30(44-32(39)23-15-9-5-10-16-23)34(42-25)41-20-22-13-7-4-8-14-22/h4-18,21,25-31,34-38H,3,19-20H2,1-2H3/t21-,25?,26?,27-,28-,29-,30?,31?,34+,35-/m0/s1. The number of aliphatic hydroxyl groups is 3. The molecule has 46 heavy (non-hydrogen) atoms. The fourth-order valence-electron chi connectivity index (χ4n) is 5.67. The van der Waals surface area contributed by atoms with E-state index in [-0.39, 0.29) is 12.2 Å². The van der Waals surface area contributed by atoms with E-state index in [0.29, 0.717) is 12.0 Å². The second-order valence-corrected chi connectivity index (χ2v) is 11.4. The Kier molecular flexibility index (Phi) is 11.5. The Morgan fingerprint density at radius 3 is 1.76 bits per heavy atom. The molecule has 4 unspecified atom stereocenters. The smallest absolute Gasteiger partial charge is 0.338 e. The van der Waals surface area contributed by atoms with E-state index in [9.17, 15) is 24.9 Å². The fraction of sp³-hybridized carbons (Fsp3) is 0.429. The highest BCUT2D eigenvalue weighted by Crippen LogP contribution is 2.36. The van der Waals surface area contributed by atoms with Crippen molar-refractivity contribution in [3.63, 3.8) is 0 Å². The molecule has 2 fully saturated rings. The predicted molar refractivity (Wildman–Crippen MR) is 163 cm³/mol. The van der Waals surface area contributed by atoms with Gasteiger partial charge in [-0.05, 0) is 36.2 Å². The van der Waals surface area contributed by atoms with Crippen molar-refractivity contribution in [3.05, 3.63) is 108 Å². The third kappa shape index (κ3) is 7.81. The molecule has 246 valence electrons. The Balaban J connectivity index is 1.40. The first-order chi connectivity index (χ1) is 22.3. The lowest BCUT2D eigenvalue weighted by molar-refractivity contribution is -0.350. The molecular formula is C35H40O11. The van der Waals surface area contributed by atoms with Crippen molar-refractivity contribution >= 4 is 11.9 Å². The number of esters is 2. The first kappa shape index (κ1) is 33.7. The molecule has 0 spiro atoms. The lowest BCUT2D eigenvalue weighted by atomic mass is 9.88. The summed E-state index contributed by atoms with van der Waals surface area (Å²) in [5.74, 6) is -1.90. The van der Waals surface area contributed by atoms with Crippen LogP contribution in [0.25, 0.3) is 0 Å². The summed E-state index contributed by atoms with van der Waals surface area (Å²) in [4.78, 5) is 26.3. The lowest BCUT2D eigenvalue weighted by Crippen LogP contribution is -2.63. The van der Waals surface area contributed by atoms with E-state index in [1.165, 1.54) is 0 Å². The van der Waals surface area contributed by atoms with Crippen LogP contribution >= 0.6 is 0 Å². The Labute approximate surface area is 267 Å². The highest BCUT2D eigenvalue weighted by Gasteiger charge is 2.52. The largest absolute Gasteiger partial charge is 0.453 e. The molecule has 0 amide bonds. The number of hydrogen-bond donors (Lipinski definition) is 3. The highest BCUT2D eigenvalue weighted by molar-refractivity contribution is 5.90. The van der Waals surface area contributed by atoms with Crippen LogP contribution in [-0.2, 0) is 35.0 Å². The van der Waals surface area contributed by atoms with Gasteiger partial charge in [0, 0.05) is 5.92 Å². The van der Waals surface area contributed by atoms with Crippen molar-refractivity contribution in [2.45, 2.75) is 82.2 Å². The second kappa shape index (κ2) is 15.7. The van der Waals surface area contributed by atoms with Crippen LogP contribution in [0.5, 0.6) is 0 Å². The first-order valence-electron chi connectivity index (χ1n) is 15.4. The summed E-state index contributed by atoms with van der Waals surface area (Å²) in [7, 11) is 0. The number of benzene rings is 3. The molecule has 0 aromatic heterocycles. The van der Waals surface area contributed by atoms with Gasteiger partial charge in [-0.2, -0.15) is 0 Å². The van der Waals surface area contributed by atoms with Crippen LogP contribution < -0.4 is 0 Å². The average Bonchev–Trinajstić information content (AvgIpc) is 3.10. The first-order valence-corrected chi connectivity index (χ1v) is 15.4. The van der Waals surface area contributed by atoms with E-state index in [2.05, 4.69) is 0 Å². The summed E-state index contributed by atoms with van der Waals surface area (Å²) in [6.07, 6.45) is -10.2. The molecule has 3 aromatic carbocycles. The molecule has 3 aromatic rings. The van der Waals surface area contributed by atoms with Gasteiger partial charge in [0.2, 0.25) is 0 Å². The molecule has 11 heteroatoms. The molecule has 3 N–H and O–H groups in total. The van der Waals surface area contributed by atoms with E-state index < -0.39 is 79.8 Å². The zero-order chi connectivity index (χ0) is 32.6.